The van der Waals surface area contributed by atoms with Crippen LogP contribution in [0.5, 0.6) is 0 Å². The quantitative estimate of drug-likeness (QED) is 0.185. The minimum absolute atomic E-state index is 0.167. The SMILES string of the molecule is CCCCCc1ccc(C(=O)OOOC(=O)OC2CCC(CCCC)CC2)cc1. The van der Waals surface area contributed by atoms with Crippen LogP contribution in [0.1, 0.15) is 94.0 Å². The minimum Gasteiger partial charge on any atom is -0.429 e. The van der Waals surface area contributed by atoms with E-state index in [1.165, 1.54) is 37.7 Å². The normalized spacial score (nSPS) is 18.8. The van der Waals surface area contributed by atoms with Crippen LogP contribution in [0.25, 0.3) is 0 Å². The first-order valence-electron chi connectivity index (χ1n) is 11.0. The zero-order valence-electron chi connectivity index (χ0n) is 17.7. The van der Waals surface area contributed by atoms with Gasteiger partial charge in [-0.2, -0.15) is 0 Å². The monoisotopic (exact) mass is 406 g/mol. The maximum Gasteiger partial charge on any atom is 0.543 e. The van der Waals surface area contributed by atoms with Crippen LogP contribution in [0.15, 0.2) is 24.3 Å². The highest BCUT2D eigenvalue weighted by Gasteiger charge is 2.25. The molecule has 0 heterocycles. The first kappa shape index (κ1) is 23.2. The number of hydrogen-bond acceptors (Lipinski definition) is 6. The predicted octanol–water partition coefficient (Wildman–Crippen LogP) is 6.32. The summed E-state index contributed by atoms with van der Waals surface area (Å²) in [6.07, 6.45) is 10.8. The molecule has 0 spiro atoms. The van der Waals surface area contributed by atoms with Gasteiger partial charge in [-0.15, -0.1) is 0 Å². The third kappa shape index (κ3) is 8.86. The summed E-state index contributed by atoms with van der Waals surface area (Å²) < 4.78 is 5.22. The molecule has 0 amide bonds. The summed E-state index contributed by atoms with van der Waals surface area (Å²) in [6.45, 7) is 4.36. The highest BCUT2D eigenvalue weighted by atomic mass is 17.5. The van der Waals surface area contributed by atoms with E-state index in [0.29, 0.717) is 5.56 Å². The van der Waals surface area contributed by atoms with Gasteiger partial charge < -0.3 is 4.74 Å². The Labute approximate surface area is 173 Å². The molecular formula is C23H34O6. The molecule has 6 heteroatoms. The fraction of sp³-hybridized carbons (Fsp3) is 0.652. The van der Waals surface area contributed by atoms with E-state index >= 15 is 0 Å². The second-order valence-electron chi connectivity index (χ2n) is 7.83. The summed E-state index contributed by atoms with van der Waals surface area (Å²) in [4.78, 5) is 32.6. The number of rotatable bonds is 11. The standard InChI is InChI=1S/C23H34O6/c1-3-5-7-9-19-10-14-20(15-11-19)22(24)27-29-28-23(25)26-21-16-12-18(13-17-21)8-6-4-2/h10-11,14-15,18,21H,3-9,12-13,16-17H2,1-2H3. The molecule has 1 saturated carbocycles. The summed E-state index contributed by atoms with van der Waals surface area (Å²) >= 11 is 0. The van der Waals surface area contributed by atoms with E-state index in [9.17, 15) is 9.59 Å². The van der Waals surface area contributed by atoms with Gasteiger partial charge in [-0.1, -0.05) is 58.1 Å². The van der Waals surface area contributed by atoms with Gasteiger partial charge in [0.15, 0.2) is 0 Å². The van der Waals surface area contributed by atoms with Crippen LogP contribution >= 0.6 is 0 Å². The smallest absolute Gasteiger partial charge is 0.429 e. The Hall–Kier alpha value is -2.08. The van der Waals surface area contributed by atoms with E-state index in [2.05, 4.69) is 28.7 Å². The van der Waals surface area contributed by atoms with Gasteiger partial charge in [0.2, 0.25) is 0 Å². The van der Waals surface area contributed by atoms with E-state index in [0.717, 1.165) is 44.4 Å². The fourth-order valence-electron chi connectivity index (χ4n) is 3.70. The first-order valence-corrected chi connectivity index (χ1v) is 11.0. The first-order chi connectivity index (χ1) is 14.1. The van der Waals surface area contributed by atoms with Crippen molar-refractivity contribution in [2.45, 2.75) is 90.6 Å². The van der Waals surface area contributed by atoms with E-state index in [1.807, 2.05) is 12.1 Å². The number of aryl methyl sites for hydroxylation is 1. The molecule has 1 aromatic carbocycles. The second kappa shape index (κ2) is 13.2. The summed E-state index contributed by atoms with van der Waals surface area (Å²) in [6, 6.07) is 7.11. The van der Waals surface area contributed by atoms with Crippen LogP contribution in [-0.4, -0.2) is 18.2 Å². The van der Waals surface area contributed by atoms with E-state index in [1.54, 1.807) is 12.1 Å². The largest absolute Gasteiger partial charge is 0.543 e. The summed E-state index contributed by atoms with van der Waals surface area (Å²) in [5.41, 5.74) is 1.49. The van der Waals surface area contributed by atoms with E-state index < -0.39 is 12.1 Å². The van der Waals surface area contributed by atoms with Gasteiger partial charge in [0.1, 0.15) is 6.10 Å². The summed E-state index contributed by atoms with van der Waals surface area (Å²) in [7, 11) is 0. The van der Waals surface area contributed by atoms with Gasteiger partial charge in [-0.3, -0.25) is 4.89 Å². The maximum atomic E-state index is 11.9. The van der Waals surface area contributed by atoms with Gasteiger partial charge in [0, 0.05) is 0 Å². The molecule has 0 radical (unpaired) electrons. The van der Waals surface area contributed by atoms with Crippen LogP contribution < -0.4 is 0 Å². The average molecular weight is 407 g/mol. The van der Waals surface area contributed by atoms with Crippen LogP contribution in [-0.2, 0) is 26.0 Å². The molecule has 1 fully saturated rings. The van der Waals surface area contributed by atoms with Crippen molar-refractivity contribution in [3.63, 3.8) is 0 Å². The van der Waals surface area contributed by atoms with Crippen molar-refractivity contribution in [2.75, 3.05) is 0 Å². The molecule has 0 atom stereocenters. The lowest BCUT2D eigenvalue weighted by molar-refractivity contribution is -0.453. The molecule has 1 aliphatic carbocycles. The van der Waals surface area contributed by atoms with Gasteiger partial charge >= 0.3 is 12.1 Å². The van der Waals surface area contributed by atoms with Crippen molar-refractivity contribution in [1.82, 2.24) is 0 Å². The molecule has 2 rings (SSSR count). The van der Waals surface area contributed by atoms with Gasteiger partial charge in [-0.25, -0.2) is 14.5 Å². The molecule has 0 aromatic heterocycles. The van der Waals surface area contributed by atoms with Crippen LogP contribution in [0.4, 0.5) is 4.79 Å². The third-order valence-electron chi connectivity index (χ3n) is 5.49. The topological polar surface area (TPSA) is 71.1 Å². The number of benzene rings is 1. The molecule has 1 aliphatic rings. The minimum atomic E-state index is -0.985. The molecule has 0 bridgehead atoms. The van der Waals surface area contributed by atoms with E-state index in [4.69, 9.17) is 4.74 Å². The Bertz CT molecular complexity index is 604. The lowest BCUT2D eigenvalue weighted by Crippen LogP contribution is -2.25. The molecule has 0 aliphatic heterocycles. The molecular weight excluding hydrogens is 372 g/mol. The van der Waals surface area contributed by atoms with Crippen molar-refractivity contribution in [2.24, 2.45) is 5.92 Å². The Morgan fingerprint density at radius 3 is 2.24 bits per heavy atom. The molecule has 162 valence electrons. The molecule has 1 aromatic rings. The van der Waals surface area contributed by atoms with Crippen LogP contribution in [0, 0.1) is 5.92 Å². The zero-order valence-corrected chi connectivity index (χ0v) is 17.7. The Morgan fingerprint density at radius 1 is 0.897 bits per heavy atom. The van der Waals surface area contributed by atoms with Crippen molar-refractivity contribution in [3.05, 3.63) is 35.4 Å². The van der Waals surface area contributed by atoms with Gasteiger partial charge in [0.05, 0.1) is 10.6 Å². The number of ether oxygens (including phenoxy) is 1. The fourth-order valence-corrected chi connectivity index (χ4v) is 3.70. The Morgan fingerprint density at radius 2 is 1.59 bits per heavy atom. The van der Waals surface area contributed by atoms with Crippen LogP contribution in [0.2, 0.25) is 0 Å². The third-order valence-corrected chi connectivity index (χ3v) is 5.49. The number of carbonyl (C=O) groups is 2. The highest BCUT2D eigenvalue weighted by molar-refractivity contribution is 5.88. The molecule has 0 saturated heterocycles. The maximum absolute atomic E-state index is 11.9. The Balaban J connectivity index is 1.61. The van der Waals surface area contributed by atoms with Crippen molar-refractivity contribution in [3.8, 4) is 0 Å². The Kier molecular flexibility index (Phi) is 10.6. The number of hydrogen-bond donors (Lipinski definition) is 0. The van der Waals surface area contributed by atoms with Crippen molar-refractivity contribution >= 4 is 12.1 Å². The van der Waals surface area contributed by atoms with Gasteiger partial charge in [-0.05, 0) is 62.1 Å². The van der Waals surface area contributed by atoms with E-state index in [-0.39, 0.29) is 6.10 Å². The molecule has 0 unspecified atom stereocenters. The van der Waals surface area contributed by atoms with Crippen molar-refractivity contribution < 1.29 is 29.1 Å². The molecule has 6 nitrogen and oxygen atoms in total. The highest BCUT2D eigenvalue weighted by Crippen LogP contribution is 2.29. The van der Waals surface area contributed by atoms with Crippen molar-refractivity contribution in [1.29, 1.82) is 0 Å². The predicted molar refractivity (Wildman–Crippen MR) is 109 cm³/mol. The van der Waals surface area contributed by atoms with Gasteiger partial charge in [0.25, 0.3) is 0 Å². The second-order valence-corrected chi connectivity index (χ2v) is 7.83. The van der Waals surface area contributed by atoms with Crippen LogP contribution in [0.3, 0.4) is 0 Å². The average Bonchev–Trinajstić information content (AvgIpc) is 2.74. The molecule has 29 heavy (non-hydrogen) atoms. The zero-order chi connectivity index (χ0) is 20.9. The summed E-state index contributed by atoms with van der Waals surface area (Å²) in [5, 5.41) is 4.31. The molecule has 0 N–H and O–H groups in total. The lowest BCUT2D eigenvalue weighted by Gasteiger charge is -2.27. The lowest BCUT2D eigenvalue weighted by atomic mass is 9.84. The summed E-state index contributed by atoms with van der Waals surface area (Å²) in [5.74, 6) is -0.00426. The number of unbranched alkanes of at least 4 members (excludes halogenated alkanes) is 3. The number of carbonyl (C=O) groups excluding carboxylic acids is 2.